The summed E-state index contributed by atoms with van der Waals surface area (Å²) in [6.07, 6.45) is 1.68. The Labute approximate surface area is 129 Å². The number of aromatic hydroxyl groups is 1. The number of phenolic OH excluding ortho intramolecular Hbond substituents is 1. The molecule has 0 radical (unpaired) electrons. The zero-order chi connectivity index (χ0) is 15.8. The van der Waals surface area contributed by atoms with Gasteiger partial charge in [0.15, 0.2) is 11.5 Å². The van der Waals surface area contributed by atoms with Gasteiger partial charge in [-0.15, -0.1) is 0 Å². The molecule has 22 heavy (non-hydrogen) atoms. The van der Waals surface area contributed by atoms with Crippen molar-refractivity contribution in [3.05, 3.63) is 59.7 Å². The molecule has 0 aromatic heterocycles. The van der Waals surface area contributed by atoms with Gasteiger partial charge in [-0.25, -0.2) is 0 Å². The van der Waals surface area contributed by atoms with Crippen LogP contribution < -0.4 is 10.1 Å². The summed E-state index contributed by atoms with van der Waals surface area (Å²) in [5, 5.41) is 12.3. The number of aliphatic imine (C=N–C) groups is 1. The van der Waals surface area contributed by atoms with E-state index in [0.717, 1.165) is 5.56 Å². The molecule has 114 valence electrons. The first kappa shape index (κ1) is 15.6. The molecule has 5 nitrogen and oxygen atoms in total. The Balaban J connectivity index is 1.80. The van der Waals surface area contributed by atoms with Gasteiger partial charge in [0.25, 0.3) is 5.91 Å². The van der Waals surface area contributed by atoms with Gasteiger partial charge >= 0.3 is 0 Å². The minimum Gasteiger partial charge on any atom is -0.504 e. The second-order valence-corrected chi connectivity index (χ2v) is 4.59. The molecule has 0 saturated heterocycles. The minimum atomic E-state index is -0.109. The third-order valence-electron chi connectivity index (χ3n) is 3.01. The van der Waals surface area contributed by atoms with Crippen LogP contribution >= 0.6 is 0 Å². The number of hydrogen-bond donors (Lipinski definition) is 2. The first-order chi connectivity index (χ1) is 10.7. The van der Waals surface area contributed by atoms with E-state index in [1.165, 1.54) is 7.11 Å². The number of carbonyl (C=O) groups is 1. The van der Waals surface area contributed by atoms with Crippen molar-refractivity contribution >= 4 is 12.1 Å². The van der Waals surface area contributed by atoms with E-state index < -0.39 is 0 Å². The third-order valence-corrected chi connectivity index (χ3v) is 3.01. The highest BCUT2D eigenvalue weighted by molar-refractivity contribution is 5.94. The number of benzene rings is 2. The number of ether oxygens (including phenoxy) is 1. The SMILES string of the molecule is COc1cc(C=NCCNC(=O)c2ccccc2)ccc1O. The van der Waals surface area contributed by atoms with Crippen molar-refractivity contribution in [3.63, 3.8) is 0 Å². The molecule has 0 atom stereocenters. The molecular weight excluding hydrogens is 280 g/mol. The Hall–Kier alpha value is -2.82. The Morgan fingerprint density at radius 3 is 2.77 bits per heavy atom. The van der Waals surface area contributed by atoms with Gasteiger partial charge in [0.1, 0.15) is 0 Å². The molecule has 0 spiro atoms. The van der Waals surface area contributed by atoms with E-state index in [1.54, 1.807) is 36.5 Å². The van der Waals surface area contributed by atoms with Gasteiger partial charge < -0.3 is 15.2 Å². The van der Waals surface area contributed by atoms with Crippen LogP contribution in [0.1, 0.15) is 15.9 Å². The molecule has 5 heteroatoms. The van der Waals surface area contributed by atoms with Crippen molar-refractivity contribution in [2.24, 2.45) is 4.99 Å². The fraction of sp³-hybridized carbons (Fsp3) is 0.176. The van der Waals surface area contributed by atoms with E-state index in [4.69, 9.17) is 4.74 Å². The van der Waals surface area contributed by atoms with E-state index >= 15 is 0 Å². The zero-order valence-corrected chi connectivity index (χ0v) is 12.3. The van der Waals surface area contributed by atoms with E-state index in [2.05, 4.69) is 10.3 Å². The van der Waals surface area contributed by atoms with Crippen molar-refractivity contribution < 1.29 is 14.6 Å². The van der Waals surface area contributed by atoms with Crippen molar-refractivity contribution in [2.75, 3.05) is 20.2 Å². The summed E-state index contributed by atoms with van der Waals surface area (Å²) >= 11 is 0. The average Bonchev–Trinajstić information content (AvgIpc) is 2.56. The number of rotatable bonds is 6. The van der Waals surface area contributed by atoms with E-state index in [0.29, 0.717) is 24.4 Å². The molecular formula is C17H18N2O3. The van der Waals surface area contributed by atoms with Gasteiger partial charge in [-0.05, 0) is 35.9 Å². The summed E-state index contributed by atoms with van der Waals surface area (Å²) in [5.41, 5.74) is 1.46. The maximum absolute atomic E-state index is 11.8. The smallest absolute Gasteiger partial charge is 0.251 e. The van der Waals surface area contributed by atoms with Crippen LogP contribution in [0.3, 0.4) is 0 Å². The van der Waals surface area contributed by atoms with Gasteiger partial charge in [-0.2, -0.15) is 0 Å². The number of hydrogen-bond acceptors (Lipinski definition) is 4. The van der Waals surface area contributed by atoms with Crippen molar-refractivity contribution in [1.82, 2.24) is 5.32 Å². The summed E-state index contributed by atoms with van der Waals surface area (Å²) in [5.74, 6) is 0.387. The minimum absolute atomic E-state index is 0.0924. The summed E-state index contributed by atoms with van der Waals surface area (Å²) in [6, 6.07) is 14.0. The zero-order valence-electron chi connectivity index (χ0n) is 12.3. The fourth-order valence-electron chi connectivity index (χ4n) is 1.87. The van der Waals surface area contributed by atoms with Crippen LogP contribution in [-0.2, 0) is 0 Å². The highest BCUT2D eigenvalue weighted by atomic mass is 16.5. The largest absolute Gasteiger partial charge is 0.504 e. The Kier molecular flexibility index (Phi) is 5.54. The molecule has 2 rings (SSSR count). The number of nitrogens with zero attached hydrogens (tertiary/aromatic N) is 1. The average molecular weight is 298 g/mol. The summed E-state index contributed by atoms with van der Waals surface area (Å²) in [7, 11) is 1.50. The van der Waals surface area contributed by atoms with Crippen LogP contribution in [-0.4, -0.2) is 37.4 Å². The third kappa shape index (κ3) is 4.34. The van der Waals surface area contributed by atoms with Crippen LogP contribution in [0.2, 0.25) is 0 Å². The lowest BCUT2D eigenvalue weighted by Gasteiger charge is -2.04. The molecule has 0 saturated carbocycles. The summed E-state index contributed by atoms with van der Waals surface area (Å²) in [6.45, 7) is 0.932. The number of phenols is 1. The predicted octanol–water partition coefficient (Wildman–Crippen LogP) is 2.25. The molecule has 0 unspecified atom stereocenters. The molecule has 0 aliphatic carbocycles. The molecule has 2 aromatic carbocycles. The second kappa shape index (κ2) is 7.83. The molecule has 0 aliphatic rings. The highest BCUT2D eigenvalue weighted by Crippen LogP contribution is 2.25. The Bertz CT molecular complexity index is 654. The van der Waals surface area contributed by atoms with Gasteiger partial charge in [0, 0.05) is 18.3 Å². The summed E-state index contributed by atoms with van der Waals surface area (Å²) < 4.78 is 5.02. The van der Waals surface area contributed by atoms with Crippen molar-refractivity contribution in [1.29, 1.82) is 0 Å². The molecule has 2 aromatic rings. The molecule has 0 heterocycles. The van der Waals surface area contributed by atoms with Crippen LogP contribution in [0, 0.1) is 0 Å². The molecule has 0 aliphatic heterocycles. The second-order valence-electron chi connectivity index (χ2n) is 4.59. The lowest BCUT2D eigenvalue weighted by Crippen LogP contribution is -2.25. The van der Waals surface area contributed by atoms with Crippen molar-refractivity contribution in [2.45, 2.75) is 0 Å². The van der Waals surface area contributed by atoms with Gasteiger partial charge in [-0.1, -0.05) is 18.2 Å². The molecule has 1 amide bonds. The summed E-state index contributed by atoms with van der Waals surface area (Å²) in [4.78, 5) is 16.0. The maximum Gasteiger partial charge on any atom is 0.251 e. The predicted molar refractivity (Wildman–Crippen MR) is 85.9 cm³/mol. The molecule has 0 fully saturated rings. The van der Waals surface area contributed by atoms with Gasteiger partial charge in [0.05, 0.1) is 13.7 Å². The lowest BCUT2D eigenvalue weighted by atomic mass is 10.2. The highest BCUT2D eigenvalue weighted by Gasteiger charge is 2.02. The van der Waals surface area contributed by atoms with Crippen LogP contribution in [0.5, 0.6) is 11.5 Å². The first-order valence-electron chi connectivity index (χ1n) is 6.91. The normalized spacial score (nSPS) is 10.6. The Morgan fingerprint density at radius 1 is 1.27 bits per heavy atom. The maximum atomic E-state index is 11.8. The number of amides is 1. The van der Waals surface area contributed by atoms with Crippen molar-refractivity contribution in [3.8, 4) is 11.5 Å². The van der Waals surface area contributed by atoms with Gasteiger partial charge in [-0.3, -0.25) is 9.79 Å². The standard InChI is InChI=1S/C17H18N2O3/c1-22-16-11-13(7-8-15(16)20)12-18-9-10-19-17(21)14-5-3-2-4-6-14/h2-8,11-12,20H,9-10H2,1H3,(H,19,21). The fourth-order valence-corrected chi connectivity index (χ4v) is 1.87. The van der Waals surface area contributed by atoms with Crippen LogP contribution in [0.25, 0.3) is 0 Å². The lowest BCUT2D eigenvalue weighted by molar-refractivity contribution is 0.0955. The Morgan fingerprint density at radius 2 is 2.05 bits per heavy atom. The monoisotopic (exact) mass is 298 g/mol. The number of nitrogens with one attached hydrogen (secondary N) is 1. The van der Waals surface area contributed by atoms with Gasteiger partial charge in [0.2, 0.25) is 0 Å². The number of carbonyl (C=O) groups excluding carboxylic acids is 1. The van der Waals surface area contributed by atoms with Crippen LogP contribution in [0.15, 0.2) is 53.5 Å². The number of methoxy groups -OCH3 is 1. The quantitative estimate of drug-likeness (QED) is 0.634. The molecule has 2 N–H and O–H groups in total. The van der Waals surface area contributed by atoms with E-state index in [9.17, 15) is 9.90 Å². The first-order valence-corrected chi connectivity index (χ1v) is 6.91. The molecule has 0 bridgehead atoms. The van der Waals surface area contributed by atoms with E-state index in [-0.39, 0.29) is 11.7 Å². The van der Waals surface area contributed by atoms with E-state index in [1.807, 2.05) is 18.2 Å². The topological polar surface area (TPSA) is 70.9 Å². The van der Waals surface area contributed by atoms with Crippen LogP contribution in [0.4, 0.5) is 0 Å².